The molecule has 0 saturated heterocycles. The highest BCUT2D eigenvalue weighted by Crippen LogP contribution is 2.18. The number of halogens is 3. The molecule has 0 aliphatic rings. The Hall–Kier alpha value is -2.06. The fourth-order valence-corrected chi connectivity index (χ4v) is 1.10. The van der Waals surface area contributed by atoms with Crippen molar-refractivity contribution >= 4 is 5.91 Å². The van der Waals surface area contributed by atoms with Crippen molar-refractivity contribution < 1.29 is 18.0 Å². The van der Waals surface area contributed by atoms with Crippen LogP contribution in [0.25, 0.3) is 0 Å². The molecule has 0 saturated carbocycles. The highest BCUT2D eigenvalue weighted by Gasteiger charge is 2.41. The monoisotopic (exact) mass is 251 g/mol. The summed E-state index contributed by atoms with van der Waals surface area (Å²) in [6.45, 7) is -0.551. The van der Waals surface area contributed by atoms with Gasteiger partial charge in [0, 0.05) is 13.2 Å². The molecular weight excluding hydrogens is 243 g/mol. The van der Waals surface area contributed by atoms with E-state index in [9.17, 15) is 27.6 Å². The van der Waals surface area contributed by atoms with Crippen LogP contribution < -0.4 is 11.2 Å². The lowest BCUT2D eigenvalue weighted by Gasteiger charge is -2.17. The Morgan fingerprint density at radius 1 is 1.41 bits per heavy atom. The van der Waals surface area contributed by atoms with Crippen LogP contribution in [0.4, 0.5) is 13.2 Å². The summed E-state index contributed by atoms with van der Waals surface area (Å²) < 4.78 is 36.1. The van der Waals surface area contributed by atoms with Crippen LogP contribution >= 0.6 is 0 Å². The van der Waals surface area contributed by atoms with Gasteiger partial charge in [0.25, 0.3) is 5.56 Å². The molecule has 0 fully saturated rings. The Labute approximate surface area is 92.1 Å². The Kier molecular flexibility index (Phi) is 3.39. The molecule has 2 N–H and O–H groups in total. The van der Waals surface area contributed by atoms with Gasteiger partial charge in [-0.3, -0.25) is 14.6 Å². The maximum atomic E-state index is 12.0. The van der Waals surface area contributed by atoms with Crippen molar-refractivity contribution in [3.8, 4) is 0 Å². The molecule has 0 radical (unpaired) electrons. The van der Waals surface area contributed by atoms with E-state index in [1.807, 2.05) is 4.98 Å². The van der Waals surface area contributed by atoms with Crippen molar-refractivity contribution in [1.82, 2.24) is 14.9 Å². The molecule has 1 aromatic heterocycles. The van der Waals surface area contributed by atoms with E-state index in [2.05, 4.69) is 4.98 Å². The maximum absolute atomic E-state index is 12.0. The second-order valence-corrected chi connectivity index (χ2v) is 3.26. The number of aromatic nitrogens is 2. The van der Waals surface area contributed by atoms with Crippen molar-refractivity contribution in [2.45, 2.75) is 12.7 Å². The van der Waals surface area contributed by atoms with Crippen LogP contribution in [0.15, 0.2) is 15.8 Å². The number of H-pyrrole nitrogens is 2. The van der Waals surface area contributed by atoms with Gasteiger partial charge in [-0.05, 0) is 0 Å². The summed E-state index contributed by atoms with van der Waals surface area (Å²) in [7, 11) is 0.903. The first-order valence-electron chi connectivity index (χ1n) is 4.35. The van der Waals surface area contributed by atoms with Gasteiger partial charge in [0.15, 0.2) is 0 Å². The van der Waals surface area contributed by atoms with Gasteiger partial charge in [-0.1, -0.05) is 0 Å². The zero-order valence-corrected chi connectivity index (χ0v) is 8.59. The van der Waals surface area contributed by atoms with E-state index in [0.717, 1.165) is 13.2 Å². The minimum absolute atomic E-state index is 0.148. The van der Waals surface area contributed by atoms with Crippen LogP contribution in [0, 0.1) is 0 Å². The van der Waals surface area contributed by atoms with E-state index in [0.29, 0.717) is 4.90 Å². The first-order chi connectivity index (χ1) is 7.71. The van der Waals surface area contributed by atoms with Crippen molar-refractivity contribution in [3.63, 3.8) is 0 Å². The quantitative estimate of drug-likeness (QED) is 0.748. The number of carbonyl (C=O) groups excluding carboxylic acids is 1. The second kappa shape index (κ2) is 4.44. The lowest BCUT2D eigenvalue weighted by molar-refractivity contribution is -0.184. The molecule has 0 unspecified atom stereocenters. The molecule has 0 atom stereocenters. The highest BCUT2D eigenvalue weighted by atomic mass is 19.4. The fraction of sp³-hybridized carbons (Fsp3) is 0.375. The summed E-state index contributed by atoms with van der Waals surface area (Å²) in [4.78, 5) is 36.8. The van der Waals surface area contributed by atoms with Gasteiger partial charge in [-0.25, -0.2) is 4.79 Å². The summed E-state index contributed by atoms with van der Waals surface area (Å²) in [5.74, 6) is -2.07. The summed E-state index contributed by atoms with van der Waals surface area (Å²) in [6.07, 6.45) is -4.04. The van der Waals surface area contributed by atoms with Crippen LogP contribution in [0.5, 0.6) is 0 Å². The molecule has 0 spiro atoms. The fourth-order valence-electron chi connectivity index (χ4n) is 1.10. The number of hydrogen-bond acceptors (Lipinski definition) is 3. The SMILES string of the molecule is CN(Cc1c[nH]c(=O)[nH]c1=O)C(=O)C(F)(F)F. The van der Waals surface area contributed by atoms with Crippen LogP contribution in [-0.4, -0.2) is 34.0 Å². The molecular formula is C8H8F3N3O3. The molecule has 0 aromatic carbocycles. The number of carbonyl (C=O) groups is 1. The summed E-state index contributed by atoms with van der Waals surface area (Å²) in [6, 6.07) is 0. The summed E-state index contributed by atoms with van der Waals surface area (Å²) in [5, 5.41) is 0. The predicted octanol–water partition coefficient (Wildman–Crippen LogP) is -0.416. The highest BCUT2D eigenvalue weighted by molar-refractivity contribution is 5.81. The molecule has 0 bridgehead atoms. The van der Waals surface area contributed by atoms with Crippen LogP contribution in [0.1, 0.15) is 5.56 Å². The Morgan fingerprint density at radius 3 is 2.47 bits per heavy atom. The Bertz CT molecular complexity index is 531. The second-order valence-electron chi connectivity index (χ2n) is 3.26. The number of alkyl halides is 3. The number of nitrogens with one attached hydrogen (secondary N) is 2. The zero-order valence-electron chi connectivity index (χ0n) is 8.59. The molecule has 0 aliphatic heterocycles. The molecule has 94 valence electrons. The molecule has 1 heterocycles. The zero-order chi connectivity index (χ0) is 13.2. The van der Waals surface area contributed by atoms with E-state index < -0.39 is 29.9 Å². The van der Waals surface area contributed by atoms with Gasteiger partial charge in [-0.15, -0.1) is 0 Å². The largest absolute Gasteiger partial charge is 0.471 e. The van der Waals surface area contributed by atoms with Gasteiger partial charge < -0.3 is 9.88 Å². The molecule has 1 amide bonds. The van der Waals surface area contributed by atoms with Crippen molar-refractivity contribution in [2.24, 2.45) is 0 Å². The molecule has 9 heteroatoms. The maximum Gasteiger partial charge on any atom is 0.471 e. The minimum Gasteiger partial charge on any atom is -0.333 e. The first kappa shape index (κ1) is 13.0. The number of hydrogen-bond donors (Lipinski definition) is 2. The average Bonchev–Trinajstić information content (AvgIpc) is 2.19. The first-order valence-corrected chi connectivity index (χ1v) is 4.35. The number of rotatable bonds is 2. The van der Waals surface area contributed by atoms with Gasteiger partial charge in [-0.2, -0.15) is 13.2 Å². The molecule has 6 nitrogen and oxygen atoms in total. The third-order valence-corrected chi connectivity index (χ3v) is 1.89. The lowest BCUT2D eigenvalue weighted by atomic mass is 10.3. The van der Waals surface area contributed by atoms with E-state index in [-0.39, 0.29) is 5.56 Å². The predicted molar refractivity (Wildman–Crippen MR) is 50.2 cm³/mol. The van der Waals surface area contributed by atoms with Crippen LogP contribution in [-0.2, 0) is 11.3 Å². The molecule has 17 heavy (non-hydrogen) atoms. The summed E-state index contributed by atoms with van der Waals surface area (Å²) >= 11 is 0. The third-order valence-electron chi connectivity index (χ3n) is 1.89. The Morgan fingerprint density at radius 2 is 2.00 bits per heavy atom. The van der Waals surface area contributed by atoms with Gasteiger partial charge in [0.05, 0.1) is 12.1 Å². The Balaban J connectivity index is 2.89. The van der Waals surface area contributed by atoms with Gasteiger partial charge in [0.2, 0.25) is 0 Å². The van der Waals surface area contributed by atoms with Crippen molar-refractivity contribution in [2.75, 3.05) is 7.05 Å². The van der Waals surface area contributed by atoms with Crippen LogP contribution in [0.3, 0.4) is 0 Å². The van der Waals surface area contributed by atoms with Crippen LogP contribution in [0.2, 0.25) is 0 Å². The topological polar surface area (TPSA) is 86.0 Å². The van der Waals surface area contributed by atoms with E-state index in [4.69, 9.17) is 0 Å². The van der Waals surface area contributed by atoms with E-state index in [1.165, 1.54) is 0 Å². The smallest absolute Gasteiger partial charge is 0.333 e. The lowest BCUT2D eigenvalue weighted by Crippen LogP contribution is -2.39. The third kappa shape index (κ3) is 3.20. The van der Waals surface area contributed by atoms with Gasteiger partial charge >= 0.3 is 17.8 Å². The summed E-state index contributed by atoms with van der Waals surface area (Å²) in [5.41, 5.74) is -1.76. The minimum atomic E-state index is -5.00. The number of aromatic amines is 2. The normalized spacial score (nSPS) is 11.3. The number of amides is 1. The molecule has 1 aromatic rings. The van der Waals surface area contributed by atoms with Crippen molar-refractivity contribution in [1.29, 1.82) is 0 Å². The van der Waals surface area contributed by atoms with E-state index >= 15 is 0 Å². The van der Waals surface area contributed by atoms with Gasteiger partial charge in [0.1, 0.15) is 0 Å². The average molecular weight is 251 g/mol. The van der Waals surface area contributed by atoms with E-state index in [1.54, 1.807) is 0 Å². The molecule has 0 aliphatic carbocycles. The molecule has 1 rings (SSSR count). The number of nitrogens with zero attached hydrogens (tertiary/aromatic N) is 1. The van der Waals surface area contributed by atoms with Crippen molar-refractivity contribution in [3.05, 3.63) is 32.6 Å². The standard InChI is InChI=1S/C8H8F3N3O3/c1-14(6(16)8(9,10)11)3-4-2-12-7(17)13-5(4)15/h2H,3H2,1H3,(H2,12,13,15,17).